The molecule has 25 atom stereocenters. The van der Waals surface area contributed by atoms with Crippen molar-refractivity contribution in [3.8, 4) is 0 Å². The van der Waals surface area contributed by atoms with Crippen molar-refractivity contribution in [1.82, 2.24) is 10.6 Å². The highest BCUT2D eigenvalue weighted by Crippen LogP contribution is 2.37. The fourth-order valence-corrected chi connectivity index (χ4v) is 7.77. The fraction of sp³-hybridized carbons (Fsp3) is 0.941. The average molecular weight is 895 g/mol. The number of aliphatic hydroxyl groups is 14. The van der Waals surface area contributed by atoms with Gasteiger partial charge >= 0.3 is 0 Å². The number of hydrogen-bond acceptors (Lipinski definition) is 25. The van der Waals surface area contributed by atoms with E-state index in [-0.39, 0.29) is 0 Å². The minimum Gasteiger partial charge on any atom is -0.394 e. The zero-order valence-electron chi connectivity index (χ0n) is 33.0. The van der Waals surface area contributed by atoms with Gasteiger partial charge in [-0.2, -0.15) is 0 Å². The molecular formula is C34H58N2O25. The molecule has 0 aromatic carbocycles. The van der Waals surface area contributed by atoms with Crippen LogP contribution in [0.2, 0.25) is 0 Å². The molecule has 5 fully saturated rings. The van der Waals surface area contributed by atoms with Gasteiger partial charge in [-0.1, -0.05) is 0 Å². The van der Waals surface area contributed by atoms with E-state index >= 15 is 0 Å². The van der Waals surface area contributed by atoms with Crippen LogP contribution in [0.5, 0.6) is 0 Å². The summed E-state index contributed by atoms with van der Waals surface area (Å²) in [4.78, 5) is 24.6. The number of rotatable bonds is 14. The third kappa shape index (κ3) is 10.8. The van der Waals surface area contributed by atoms with E-state index in [1.807, 2.05) is 0 Å². The lowest BCUT2D eigenvalue weighted by Crippen LogP contribution is -2.71. The summed E-state index contributed by atoms with van der Waals surface area (Å²) in [7, 11) is 0. The fourth-order valence-electron chi connectivity index (χ4n) is 7.77. The molecule has 5 heterocycles. The lowest BCUT2D eigenvalue weighted by atomic mass is 9.93. The zero-order chi connectivity index (χ0) is 45.2. The van der Waals surface area contributed by atoms with Gasteiger partial charge < -0.3 is 125 Å². The van der Waals surface area contributed by atoms with E-state index < -0.39 is 192 Å². The molecule has 0 saturated carbocycles. The maximum Gasteiger partial charge on any atom is 0.217 e. The molecule has 0 spiro atoms. The van der Waals surface area contributed by atoms with Crippen molar-refractivity contribution in [3.05, 3.63) is 0 Å². The van der Waals surface area contributed by atoms with Crippen LogP contribution in [0.25, 0.3) is 0 Å². The number of ether oxygens (including phenoxy) is 9. The Bertz CT molecular complexity index is 1420. The van der Waals surface area contributed by atoms with E-state index in [2.05, 4.69) is 10.6 Å². The molecule has 0 unspecified atom stereocenters. The van der Waals surface area contributed by atoms with Crippen LogP contribution >= 0.6 is 0 Å². The summed E-state index contributed by atoms with van der Waals surface area (Å²) in [6, 6.07) is -3.28. The average Bonchev–Trinajstić information content (AvgIpc) is 3.22. The third-order valence-corrected chi connectivity index (χ3v) is 11.1. The van der Waals surface area contributed by atoms with E-state index in [0.717, 1.165) is 13.8 Å². The first kappa shape index (κ1) is 50.0. The van der Waals surface area contributed by atoms with Crippen molar-refractivity contribution in [1.29, 1.82) is 0 Å². The molecule has 27 nitrogen and oxygen atoms in total. The predicted octanol–water partition coefficient (Wildman–Crippen LogP) is -10.6. The van der Waals surface area contributed by atoms with Gasteiger partial charge in [0, 0.05) is 13.8 Å². The van der Waals surface area contributed by atoms with Crippen LogP contribution in [0.15, 0.2) is 0 Å². The van der Waals surface area contributed by atoms with Crippen molar-refractivity contribution >= 4 is 11.8 Å². The molecule has 0 aromatic heterocycles. The SMILES string of the molecule is CC(=O)N[C@@H]1[C@@H](O)[C@H](O[C@@H]2O[C@H](CO)[C@H](O)[C@H](O[C@@H]3O[C@H](CO)[C@@H](O[C@@H]4O[C@@H](C)[C@@H](O)[C@@H](O)[C@@H]4O)[C@H](O[C@H]4O[C@H](CO)[C@H](O)[C@H](O)[C@H]4O)[C@H]3NC(C)=O)[C@H]2O)[C@@H](CO)O[C@H]1O. The quantitative estimate of drug-likeness (QED) is 0.0770. The summed E-state index contributed by atoms with van der Waals surface area (Å²) < 4.78 is 52.0. The maximum atomic E-state index is 12.8. The second-order valence-electron chi connectivity index (χ2n) is 15.4. The Balaban J connectivity index is 1.50. The molecule has 0 bridgehead atoms. The van der Waals surface area contributed by atoms with E-state index in [9.17, 15) is 81.1 Å². The van der Waals surface area contributed by atoms with Gasteiger partial charge in [0.05, 0.1) is 32.5 Å². The van der Waals surface area contributed by atoms with Gasteiger partial charge in [-0.05, 0) is 6.92 Å². The Labute approximate surface area is 346 Å². The normalized spacial score (nSPS) is 49.6. The molecule has 27 heteroatoms. The first-order chi connectivity index (χ1) is 28.8. The number of carbonyl (C=O) groups is 2. The topological polar surface area (TPSA) is 424 Å². The van der Waals surface area contributed by atoms with Gasteiger partial charge in [-0.3, -0.25) is 9.59 Å². The van der Waals surface area contributed by atoms with Crippen LogP contribution < -0.4 is 10.6 Å². The Morgan fingerprint density at radius 2 is 0.852 bits per heavy atom. The minimum atomic E-state index is -2.14. The van der Waals surface area contributed by atoms with Gasteiger partial charge in [0.1, 0.15) is 116 Å². The Hall–Kier alpha value is -1.98. The first-order valence-electron chi connectivity index (χ1n) is 19.5. The smallest absolute Gasteiger partial charge is 0.217 e. The highest BCUT2D eigenvalue weighted by Gasteiger charge is 2.58. The highest BCUT2D eigenvalue weighted by molar-refractivity contribution is 5.73. The highest BCUT2D eigenvalue weighted by atomic mass is 16.8. The van der Waals surface area contributed by atoms with E-state index in [0.29, 0.717) is 0 Å². The molecule has 5 aliphatic heterocycles. The summed E-state index contributed by atoms with van der Waals surface area (Å²) in [6.45, 7) is -0.314. The number of carbonyl (C=O) groups excluding carboxylic acids is 2. The van der Waals surface area contributed by atoms with E-state index in [1.165, 1.54) is 6.92 Å². The molecule has 0 aliphatic carbocycles. The van der Waals surface area contributed by atoms with Crippen LogP contribution in [0.4, 0.5) is 0 Å². The number of nitrogens with one attached hydrogen (secondary N) is 2. The zero-order valence-corrected chi connectivity index (χ0v) is 33.0. The van der Waals surface area contributed by atoms with Gasteiger partial charge in [0.15, 0.2) is 31.5 Å². The van der Waals surface area contributed by atoms with E-state index in [4.69, 9.17) is 42.6 Å². The van der Waals surface area contributed by atoms with Crippen molar-refractivity contribution < 1.29 is 124 Å². The lowest BCUT2D eigenvalue weighted by Gasteiger charge is -2.51. The summed E-state index contributed by atoms with van der Waals surface area (Å²) in [5.74, 6) is -1.54. The summed E-state index contributed by atoms with van der Waals surface area (Å²) in [6.07, 6.45) is -41.6. The molecule has 354 valence electrons. The Morgan fingerprint density at radius 3 is 1.41 bits per heavy atom. The van der Waals surface area contributed by atoms with Crippen molar-refractivity contribution in [2.24, 2.45) is 0 Å². The molecule has 5 saturated heterocycles. The monoisotopic (exact) mass is 894 g/mol. The minimum absolute atomic E-state index is 0.698. The van der Waals surface area contributed by atoms with Crippen molar-refractivity contribution in [2.75, 3.05) is 26.4 Å². The molecular weight excluding hydrogens is 836 g/mol. The molecule has 2 amide bonds. The molecule has 16 N–H and O–H groups in total. The van der Waals surface area contributed by atoms with Gasteiger partial charge in [0.2, 0.25) is 11.8 Å². The van der Waals surface area contributed by atoms with Crippen LogP contribution in [0.1, 0.15) is 20.8 Å². The second kappa shape index (κ2) is 21.3. The maximum absolute atomic E-state index is 12.8. The standard InChI is InChI=1S/C34H58N2O25/c1-8-17(43)21(47)23(49)32(53-8)59-27-14(7-40)57-31(16(36-10(3)42)28(27)60-33-24(50)22(48)18(44)11(4-37)55-33)61-29-19(45)12(5-38)56-34(25(29)51)58-26-13(6-39)54-30(52)15(20(26)46)35-9(2)41/h8,11-34,37-40,43-52H,4-7H2,1-3H3,(H,35,41)(H,36,42)/t8-,11+,12+,13+,14+,15+,16+,17+,18-,19-,20+,21+,22-,23-,24+,25+,26+,27+,28+,29-,30+,31-,32-,33+,34-/m0/s1. The van der Waals surface area contributed by atoms with E-state index in [1.54, 1.807) is 0 Å². The van der Waals surface area contributed by atoms with Gasteiger partial charge in [-0.25, -0.2) is 0 Å². The number of aliphatic hydroxyl groups excluding tert-OH is 14. The second-order valence-corrected chi connectivity index (χ2v) is 15.4. The molecule has 5 aliphatic rings. The first-order valence-corrected chi connectivity index (χ1v) is 19.5. The summed E-state index contributed by atoms with van der Waals surface area (Å²) in [5.41, 5.74) is 0. The molecule has 0 radical (unpaired) electrons. The molecule has 0 aromatic rings. The third-order valence-electron chi connectivity index (χ3n) is 11.1. The van der Waals surface area contributed by atoms with Gasteiger partial charge in [0.25, 0.3) is 0 Å². The summed E-state index contributed by atoms with van der Waals surface area (Å²) in [5, 5.41) is 153. The van der Waals surface area contributed by atoms with Crippen LogP contribution in [-0.4, -0.2) is 263 Å². The van der Waals surface area contributed by atoms with Crippen LogP contribution in [0, 0.1) is 0 Å². The predicted molar refractivity (Wildman–Crippen MR) is 188 cm³/mol. The van der Waals surface area contributed by atoms with Gasteiger partial charge in [-0.15, -0.1) is 0 Å². The lowest BCUT2D eigenvalue weighted by molar-refractivity contribution is -0.390. The Morgan fingerprint density at radius 1 is 0.426 bits per heavy atom. The van der Waals surface area contributed by atoms with Crippen molar-refractivity contribution in [2.45, 2.75) is 174 Å². The summed E-state index contributed by atoms with van der Waals surface area (Å²) >= 11 is 0. The number of amides is 2. The molecule has 61 heavy (non-hydrogen) atoms. The van der Waals surface area contributed by atoms with Crippen LogP contribution in [-0.2, 0) is 52.2 Å². The Kier molecular flexibility index (Phi) is 17.5. The number of hydrogen-bond donors (Lipinski definition) is 16. The largest absolute Gasteiger partial charge is 0.394 e. The molecule has 5 rings (SSSR count). The van der Waals surface area contributed by atoms with Crippen molar-refractivity contribution in [3.63, 3.8) is 0 Å². The van der Waals surface area contributed by atoms with Crippen LogP contribution in [0.3, 0.4) is 0 Å².